The highest BCUT2D eigenvalue weighted by Gasteiger charge is 2.05. The standard InChI is InChI=1S/C14H22N2O/c1-5-12(4)16-14(17)9-15-13-7-6-10(2)8-11(13)3/h6-8,12,15H,5,9H2,1-4H3,(H,16,17). The first-order valence-electron chi connectivity index (χ1n) is 6.13. The van der Waals surface area contributed by atoms with Crippen molar-refractivity contribution in [3.8, 4) is 0 Å². The van der Waals surface area contributed by atoms with E-state index in [1.165, 1.54) is 11.1 Å². The SMILES string of the molecule is CCC(C)NC(=O)CNc1ccc(C)cc1C. The van der Waals surface area contributed by atoms with Gasteiger partial charge in [0, 0.05) is 11.7 Å². The number of hydrogen-bond donors (Lipinski definition) is 2. The topological polar surface area (TPSA) is 41.1 Å². The second-order valence-corrected chi connectivity index (χ2v) is 4.55. The highest BCUT2D eigenvalue weighted by atomic mass is 16.1. The summed E-state index contributed by atoms with van der Waals surface area (Å²) >= 11 is 0. The molecule has 0 aliphatic heterocycles. The van der Waals surface area contributed by atoms with E-state index < -0.39 is 0 Å². The molecule has 0 aromatic heterocycles. The minimum Gasteiger partial charge on any atom is -0.376 e. The van der Waals surface area contributed by atoms with Crippen LogP contribution < -0.4 is 10.6 Å². The molecule has 2 N–H and O–H groups in total. The average Bonchev–Trinajstić information content (AvgIpc) is 2.27. The number of hydrogen-bond acceptors (Lipinski definition) is 2. The predicted octanol–water partition coefficient (Wildman–Crippen LogP) is 2.63. The van der Waals surface area contributed by atoms with Crippen molar-refractivity contribution in [3.05, 3.63) is 29.3 Å². The van der Waals surface area contributed by atoms with Gasteiger partial charge in [-0.1, -0.05) is 24.6 Å². The number of carbonyl (C=O) groups excluding carboxylic acids is 1. The molecule has 3 nitrogen and oxygen atoms in total. The lowest BCUT2D eigenvalue weighted by Gasteiger charge is -2.13. The normalized spacial score (nSPS) is 12.0. The molecule has 1 aromatic carbocycles. The van der Waals surface area contributed by atoms with Crippen LogP contribution >= 0.6 is 0 Å². The van der Waals surface area contributed by atoms with Gasteiger partial charge in [0.25, 0.3) is 0 Å². The zero-order valence-electron chi connectivity index (χ0n) is 11.1. The first-order valence-corrected chi connectivity index (χ1v) is 6.13. The van der Waals surface area contributed by atoms with Crippen LogP contribution in [0.5, 0.6) is 0 Å². The maximum atomic E-state index is 11.6. The molecule has 0 spiro atoms. The molecule has 0 bridgehead atoms. The molecular formula is C14H22N2O. The Labute approximate surface area is 104 Å². The Kier molecular flexibility index (Phi) is 5.01. The summed E-state index contributed by atoms with van der Waals surface area (Å²) in [5.74, 6) is 0.0410. The Morgan fingerprint density at radius 3 is 2.65 bits per heavy atom. The van der Waals surface area contributed by atoms with Gasteiger partial charge in [-0.05, 0) is 38.8 Å². The summed E-state index contributed by atoms with van der Waals surface area (Å²) < 4.78 is 0. The molecule has 1 rings (SSSR count). The van der Waals surface area contributed by atoms with Gasteiger partial charge < -0.3 is 10.6 Å². The second kappa shape index (κ2) is 6.28. The lowest BCUT2D eigenvalue weighted by atomic mass is 10.1. The minimum atomic E-state index is 0.0410. The van der Waals surface area contributed by atoms with E-state index in [1.807, 2.05) is 26.0 Å². The van der Waals surface area contributed by atoms with Crippen LogP contribution in [-0.4, -0.2) is 18.5 Å². The van der Waals surface area contributed by atoms with Crippen molar-refractivity contribution < 1.29 is 4.79 Å². The van der Waals surface area contributed by atoms with Crippen molar-refractivity contribution in [1.29, 1.82) is 0 Å². The number of amides is 1. The Bertz CT molecular complexity index is 388. The van der Waals surface area contributed by atoms with E-state index in [1.54, 1.807) is 0 Å². The molecule has 0 saturated carbocycles. The van der Waals surface area contributed by atoms with Crippen LogP contribution in [0.2, 0.25) is 0 Å². The Morgan fingerprint density at radius 2 is 2.06 bits per heavy atom. The summed E-state index contributed by atoms with van der Waals surface area (Å²) in [7, 11) is 0. The molecular weight excluding hydrogens is 212 g/mol. The third-order valence-corrected chi connectivity index (χ3v) is 2.84. The fourth-order valence-corrected chi connectivity index (χ4v) is 1.62. The maximum absolute atomic E-state index is 11.6. The lowest BCUT2D eigenvalue weighted by Crippen LogP contribution is -2.36. The second-order valence-electron chi connectivity index (χ2n) is 4.55. The van der Waals surface area contributed by atoms with Crippen molar-refractivity contribution in [2.75, 3.05) is 11.9 Å². The Balaban J connectivity index is 2.47. The van der Waals surface area contributed by atoms with Gasteiger partial charge in [0.2, 0.25) is 5.91 Å². The molecule has 0 aliphatic carbocycles. The molecule has 1 atom stereocenters. The van der Waals surface area contributed by atoms with Crippen LogP contribution in [0.4, 0.5) is 5.69 Å². The van der Waals surface area contributed by atoms with Crippen molar-refractivity contribution in [2.24, 2.45) is 0 Å². The molecule has 17 heavy (non-hydrogen) atoms. The van der Waals surface area contributed by atoms with Crippen molar-refractivity contribution in [2.45, 2.75) is 40.2 Å². The third kappa shape index (κ3) is 4.47. The highest BCUT2D eigenvalue weighted by Crippen LogP contribution is 2.15. The molecule has 1 unspecified atom stereocenters. The number of carbonyl (C=O) groups is 1. The Hall–Kier alpha value is -1.51. The largest absolute Gasteiger partial charge is 0.376 e. The minimum absolute atomic E-state index is 0.0410. The van der Waals surface area contributed by atoms with Crippen molar-refractivity contribution in [3.63, 3.8) is 0 Å². The van der Waals surface area contributed by atoms with Crippen LogP contribution in [0.25, 0.3) is 0 Å². The van der Waals surface area contributed by atoms with Gasteiger partial charge in [0.1, 0.15) is 0 Å². The molecule has 3 heteroatoms. The van der Waals surface area contributed by atoms with Gasteiger partial charge in [-0.15, -0.1) is 0 Å². The van der Waals surface area contributed by atoms with E-state index in [4.69, 9.17) is 0 Å². The molecule has 94 valence electrons. The van der Waals surface area contributed by atoms with E-state index in [0.717, 1.165) is 12.1 Å². The summed E-state index contributed by atoms with van der Waals surface area (Å²) in [6, 6.07) is 6.40. The number of aryl methyl sites for hydroxylation is 2. The Morgan fingerprint density at radius 1 is 1.35 bits per heavy atom. The third-order valence-electron chi connectivity index (χ3n) is 2.84. The molecule has 0 aliphatic rings. The van der Waals surface area contributed by atoms with E-state index in [2.05, 4.69) is 30.5 Å². The fraction of sp³-hybridized carbons (Fsp3) is 0.500. The molecule has 0 saturated heterocycles. The summed E-state index contributed by atoms with van der Waals surface area (Å²) in [6.45, 7) is 8.50. The monoisotopic (exact) mass is 234 g/mol. The van der Waals surface area contributed by atoms with E-state index in [-0.39, 0.29) is 11.9 Å². The van der Waals surface area contributed by atoms with Crippen molar-refractivity contribution >= 4 is 11.6 Å². The van der Waals surface area contributed by atoms with E-state index in [0.29, 0.717) is 6.54 Å². The van der Waals surface area contributed by atoms with Crippen LogP contribution in [0, 0.1) is 13.8 Å². The van der Waals surface area contributed by atoms with Gasteiger partial charge in [-0.25, -0.2) is 0 Å². The van der Waals surface area contributed by atoms with Gasteiger partial charge in [0.05, 0.1) is 6.54 Å². The van der Waals surface area contributed by atoms with E-state index >= 15 is 0 Å². The zero-order chi connectivity index (χ0) is 12.8. The summed E-state index contributed by atoms with van der Waals surface area (Å²) in [4.78, 5) is 11.6. The lowest BCUT2D eigenvalue weighted by molar-refractivity contribution is -0.120. The van der Waals surface area contributed by atoms with Crippen LogP contribution in [0.1, 0.15) is 31.4 Å². The first-order chi connectivity index (χ1) is 8.02. The molecule has 0 heterocycles. The molecule has 1 aromatic rings. The average molecular weight is 234 g/mol. The van der Waals surface area contributed by atoms with Crippen LogP contribution in [-0.2, 0) is 4.79 Å². The number of nitrogens with one attached hydrogen (secondary N) is 2. The van der Waals surface area contributed by atoms with Crippen LogP contribution in [0.15, 0.2) is 18.2 Å². The van der Waals surface area contributed by atoms with Crippen LogP contribution in [0.3, 0.4) is 0 Å². The van der Waals surface area contributed by atoms with Gasteiger partial charge in [0.15, 0.2) is 0 Å². The number of benzene rings is 1. The number of rotatable bonds is 5. The van der Waals surface area contributed by atoms with Gasteiger partial charge in [-0.3, -0.25) is 4.79 Å². The fourth-order valence-electron chi connectivity index (χ4n) is 1.62. The number of anilines is 1. The first kappa shape index (κ1) is 13.6. The highest BCUT2D eigenvalue weighted by molar-refractivity contribution is 5.81. The molecule has 1 amide bonds. The summed E-state index contributed by atoms with van der Waals surface area (Å²) in [6.07, 6.45) is 0.954. The molecule has 0 fully saturated rings. The zero-order valence-corrected chi connectivity index (χ0v) is 11.1. The van der Waals surface area contributed by atoms with Crippen molar-refractivity contribution in [1.82, 2.24) is 5.32 Å². The van der Waals surface area contributed by atoms with E-state index in [9.17, 15) is 4.79 Å². The summed E-state index contributed by atoms with van der Waals surface area (Å²) in [5.41, 5.74) is 3.42. The quantitative estimate of drug-likeness (QED) is 0.822. The molecule has 0 radical (unpaired) electrons. The van der Waals surface area contributed by atoms with Gasteiger partial charge >= 0.3 is 0 Å². The maximum Gasteiger partial charge on any atom is 0.239 e. The summed E-state index contributed by atoms with van der Waals surface area (Å²) in [5, 5.41) is 6.09. The van der Waals surface area contributed by atoms with Gasteiger partial charge in [-0.2, -0.15) is 0 Å². The predicted molar refractivity (Wildman–Crippen MR) is 72.3 cm³/mol. The smallest absolute Gasteiger partial charge is 0.239 e.